The lowest BCUT2D eigenvalue weighted by atomic mass is 9.53. The number of halogens is 1. The van der Waals surface area contributed by atoms with Crippen molar-refractivity contribution in [3.05, 3.63) is 51.2 Å². The van der Waals surface area contributed by atoms with E-state index >= 15 is 0 Å². The van der Waals surface area contributed by atoms with Gasteiger partial charge < -0.3 is 14.9 Å². The minimum absolute atomic E-state index is 0.0349. The van der Waals surface area contributed by atoms with Crippen LogP contribution in [0, 0.1) is 29.0 Å². The van der Waals surface area contributed by atoms with E-state index in [4.69, 9.17) is 4.98 Å². The molecule has 1 aromatic heterocycles. The third-order valence-electron chi connectivity index (χ3n) is 9.46. The van der Waals surface area contributed by atoms with Gasteiger partial charge in [-0.3, -0.25) is 4.79 Å². The summed E-state index contributed by atoms with van der Waals surface area (Å²) >= 11 is 1.47. The quantitative estimate of drug-likeness (QED) is 0.561. The van der Waals surface area contributed by atoms with E-state index in [0.29, 0.717) is 10.6 Å². The maximum Gasteiger partial charge on any atom is 0.225 e. The van der Waals surface area contributed by atoms with Crippen LogP contribution in [0.1, 0.15) is 60.7 Å². The van der Waals surface area contributed by atoms with Gasteiger partial charge in [-0.1, -0.05) is 32.9 Å². The van der Waals surface area contributed by atoms with Crippen LogP contribution < -0.4 is 0 Å². The van der Waals surface area contributed by atoms with Gasteiger partial charge in [-0.2, -0.15) is 0 Å². The van der Waals surface area contributed by atoms with Crippen molar-refractivity contribution < 1.29 is 22.7 Å². The summed E-state index contributed by atoms with van der Waals surface area (Å²) in [5.74, 6) is -0.996. The number of carbonyl (C=O) groups excluding carboxylic acids is 1. The number of piperazine rings is 1. The Kier molecular flexibility index (Phi) is 7.96. The number of carbonyl (C=O) groups is 1. The molecule has 39 heavy (non-hydrogen) atoms. The molecule has 2 fully saturated rings. The monoisotopic (exact) mass is 577 g/mol. The first kappa shape index (κ1) is 28.6. The van der Waals surface area contributed by atoms with E-state index < -0.39 is 21.8 Å². The van der Waals surface area contributed by atoms with Crippen LogP contribution in [0.4, 0.5) is 4.39 Å². The normalized spacial score (nSPS) is 30.5. The SMILES string of the molecule is CC(C(=O)N1CCN(C)CC1)C1CCC2(C)Cc3sc(CS(=O)(=O)Cc4ccc(F)cc4)nc3C(C)C2C1O. The lowest BCUT2D eigenvalue weighted by molar-refractivity contribution is -0.146. The fourth-order valence-electron chi connectivity index (χ4n) is 7.23. The Morgan fingerprint density at radius 1 is 1.21 bits per heavy atom. The van der Waals surface area contributed by atoms with E-state index in [2.05, 4.69) is 25.8 Å². The number of hydrogen-bond donors (Lipinski definition) is 1. The molecule has 0 spiro atoms. The van der Waals surface area contributed by atoms with E-state index in [1.165, 1.54) is 35.6 Å². The average Bonchev–Trinajstić information content (AvgIpc) is 3.26. The number of thiazole rings is 1. The summed E-state index contributed by atoms with van der Waals surface area (Å²) < 4.78 is 39.1. The van der Waals surface area contributed by atoms with Gasteiger partial charge in [-0.05, 0) is 61.3 Å². The molecule has 5 rings (SSSR count). The zero-order chi connectivity index (χ0) is 28.1. The Morgan fingerprint density at radius 3 is 2.54 bits per heavy atom. The van der Waals surface area contributed by atoms with E-state index in [-0.39, 0.29) is 46.5 Å². The Hall–Kier alpha value is -1.88. The summed E-state index contributed by atoms with van der Waals surface area (Å²) in [6.45, 7) is 9.51. The van der Waals surface area contributed by atoms with Crippen molar-refractivity contribution in [1.29, 1.82) is 0 Å². The highest BCUT2D eigenvalue weighted by molar-refractivity contribution is 7.90. The standard InChI is InChI=1S/C29H40FN3O4S2/c1-18(28(35)33-13-11-32(4)12-14-33)22-9-10-29(3)15-23-26(19(2)25(29)27(22)34)31-24(38-23)17-39(36,37)16-20-5-7-21(30)8-6-20/h5-8,18-19,22,25,27,34H,9-17H2,1-4H3. The molecule has 1 amide bonds. The molecule has 1 aromatic carbocycles. The van der Waals surface area contributed by atoms with Gasteiger partial charge in [-0.15, -0.1) is 11.3 Å². The molecule has 1 saturated heterocycles. The third-order valence-corrected chi connectivity index (χ3v) is 12.2. The van der Waals surface area contributed by atoms with Crippen LogP contribution >= 0.6 is 11.3 Å². The van der Waals surface area contributed by atoms with Crippen molar-refractivity contribution in [2.45, 2.75) is 63.6 Å². The first-order chi connectivity index (χ1) is 18.4. The second kappa shape index (κ2) is 10.8. The molecule has 3 aliphatic rings. The van der Waals surface area contributed by atoms with Crippen molar-refractivity contribution >= 4 is 27.1 Å². The first-order valence-corrected chi connectivity index (χ1v) is 16.6. The lowest BCUT2D eigenvalue weighted by Gasteiger charge is -2.53. The van der Waals surface area contributed by atoms with Crippen molar-refractivity contribution in [2.75, 3.05) is 33.2 Å². The van der Waals surface area contributed by atoms with Gasteiger partial charge in [-0.25, -0.2) is 17.8 Å². The Balaban J connectivity index is 1.31. The summed E-state index contributed by atoms with van der Waals surface area (Å²) in [7, 11) is -1.41. The molecule has 0 radical (unpaired) electrons. The van der Waals surface area contributed by atoms with Crippen LogP contribution in [-0.2, 0) is 32.6 Å². The van der Waals surface area contributed by atoms with E-state index in [1.54, 1.807) is 0 Å². The number of nitrogens with zero attached hydrogens (tertiary/aromatic N) is 3. The molecular formula is C29H40FN3O4S2. The predicted octanol–water partition coefficient (Wildman–Crippen LogP) is 3.86. The maximum atomic E-state index is 13.4. The molecular weight excluding hydrogens is 537 g/mol. The average molecular weight is 578 g/mol. The van der Waals surface area contributed by atoms with Crippen LogP contribution in [-0.4, -0.2) is 73.5 Å². The zero-order valence-electron chi connectivity index (χ0n) is 23.3. The van der Waals surface area contributed by atoms with Gasteiger partial charge in [0, 0.05) is 42.9 Å². The van der Waals surface area contributed by atoms with E-state index in [1.807, 2.05) is 11.8 Å². The van der Waals surface area contributed by atoms with Crippen molar-refractivity contribution in [2.24, 2.45) is 23.2 Å². The minimum atomic E-state index is -3.48. The van der Waals surface area contributed by atoms with Gasteiger partial charge in [0.15, 0.2) is 9.84 Å². The van der Waals surface area contributed by atoms with Crippen LogP contribution in [0.25, 0.3) is 0 Å². The van der Waals surface area contributed by atoms with Gasteiger partial charge in [0.2, 0.25) is 5.91 Å². The van der Waals surface area contributed by atoms with E-state index in [0.717, 1.165) is 56.0 Å². The molecule has 0 bridgehead atoms. The third kappa shape index (κ3) is 5.80. The second-order valence-corrected chi connectivity index (χ2v) is 15.6. The number of aliphatic hydroxyl groups excluding tert-OH is 1. The molecule has 2 aliphatic carbocycles. The van der Waals surface area contributed by atoms with Crippen molar-refractivity contribution in [3.63, 3.8) is 0 Å². The summed E-state index contributed by atoms with van der Waals surface area (Å²) in [6.07, 6.45) is 1.86. The molecule has 1 saturated carbocycles. The summed E-state index contributed by atoms with van der Waals surface area (Å²) in [6, 6.07) is 5.55. The zero-order valence-corrected chi connectivity index (χ0v) is 24.9. The molecule has 214 valence electrons. The fraction of sp³-hybridized carbons (Fsp3) is 0.655. The van der Waals surface area contributed by atoms with Crippen LogP contribution in [0.3, 0.4) is 0 Å². The largest absolute Gasteiger partial charge is 0.392 e. The highest BCUT2D eigenvalue weighted by Crippen LogP contribution is 2.57. The topological polar surface area (TPSA) is 90.8 Å². The molecule has 7 nitrogen and oxygen atoms in total. The Labute approximate surface area is 235 Å². The molecule has 2 heterocycles. The van der Waals surface area contributed by atoms with Crippen molar-refractivity contribution in [1.82, 2.24) is 14.8 Å². The number of likely N-dealkylation sites (N-methyl/N-ethyl adjacent to an activating group) is 1. The number of aromatic nitrogens is 1. The lowest BCUT2D eigenvalue weighted by Crippen LogP contribution is -2.55. The number of amides is 1. The summed E-state index contributed by atoms with van der Waals surface area (Å²) in [4.78, 5) is 23.5. The number of sulfone groups is 1. The number of rotatable bonds is 6. The molecule has 10 heteroatoms. The van der Waals surface area contributed by atoms with Crippen molar-refractivity contribution in [3.8, 4) is 0 Å². The number of aliphatic hydroxyl groups is 1. The first-order valence-electron chi connectivity index (χ1n) is 14.0. The number of benzene rings is 1. The fourth-order valence-corrected chi connectivity index (χ4v) is 10.4. The maximum absolute atomic E-state index is 13.4. The van der Waals surface area contributed by atoms with Gasteiger partial charge in [0.25, 0.3) is 0 Å². The van der Waals surface area contributed by atoms with Gasteiger partial charge in [0.1, 0.15) is 16.6 Å². The van der Waals surface area contributed by atoms with Crippen LogP contribution in [0.15, 0.2) is 24.3 Å². The highest BCUT2D eigenvalue weighted by atomic mass is 32.2. The van der Waals surface area contributed by atoms with Crippen LogP contribution in [0.2, 0.25) is 0 Å². The molecule has 1 N–H and O–H groups in total. The minimum Gasteiger partial charge on any atom is -0.392 e. The highest BCUT2D eigenvalue weighted by Gasteiger charge is 2.54. The molecule has 6 atom stereocenters. The second-order valence-electron chi connectivity index (χ2n) is 12.3. The van der Waals surface area contributed by atoms with Crippen LogP contribution in [0.5, 0.6) is 0 Å². The molecule has 2 aromatic rings. The smallest absolute Gasteiger partial charge is 0.225 e. The molecule has 1 aliphatic heterocycles. The number of fused-ring (bicyclic) bond motifs is 2. The van der Waals surface area contributed by atoms with E-state index in [9.17, 15) is 22.7 Å². The predicted molar refractivity (Wildman–Crippen MR) is 151 cm³/mol. The summed E-state index contributed by atoms with van der Waals surface area (Å²) in [5.41, 5.74) is 1.32. The van der Waals surface area contributed by atoms with Gasteiger partial charge >= 0.3 is 0 Å². The Morgan fingerprint density at radius 2 is 1.87 bits per heavy atom. The summed E-state index contributed by atoms with van der Waals surface area (Å²) in [5, 5.41) is 12.3. The van der Waals surface area contributed by atoms with Gasteiger partial charge in [0.05, 0.1) is 17.6 Å². The Bertz CT molecular complexity index is 1310. The number of hydrogen-bond acceptors (Lipinski definition) is 7. The molecule has 6 unspecified atom stereocenters.